The molecule has 0 aliphatic heterocycles. The topological polar surface area (TPSA) is 105 Å². The lowest BCUT2D eigenvalue weighted by molar-refractivity contribution is -0.242. The number of anilines is 2. The summed E-state index contributed by atoms with van der Waals surface area (Å²) in [6.07, 6.45) is -5.22. The third-order valence-corrected chi connectivity index (χ3v) is 6.54. The van der Waals surface area contributed by atoms with Crippen LogP contribution in [0.1, 0.15) is 12.5 Å². The number of carbonyl (C=O) groups is 1. The van der Waals surface area contributed by atoms with Crippen LogP contribution in [-0.2, 0) is 21.4 Å². The highest BCUT2D eigenvalue weighted by Crippen LogP contribution is 2.33. The maximum absolute atomic E-state index is 12.8. The number of ether oxygens (including phenoxy) is 1. The van der Waals surface area contributed by atoms with E-state index in [-0.39, 0.29) is 28.2 Å². The van der Waals surface area contributed by atoms with E-state index in [9.17, 15) is 31.5 Å². The average molecular weight is 529 g/mol. The Hall–Kier alpha value is -3.28. The van der Waals surface area contributed by atoms with Crippen LogP contribution in [0.15, 0.2) is 77.7 Å². The molecule has 0 spiro atoms. The van der Waals surface area contributed by atoms with Crippen molar-refractivity contribution < 1.29 is 36.2 Å². The molecule has 0 aromatic heterocycles. The van der Waals surface area contributed by atoms with Crippen molar-refractivity contribution in [3.63, 3.8) is 0 Å². The molecule has 0 radical (unpaired) electrons. The van der Waals surface area contributed by atoms with Crippen LogP contribution in [0.25, 0.3) is 0 Å². The van der Waals surface area contributed by atoms with Crippen LogP contribution in [-0.4, -0.2) is 31.2 Å². The van der Waals surface area contributed by atoms with Crippen LogP contribution in [0.5, 0.6) is 5.75 Å². The van der Waals surface area contributed by atoms with E-state index < -0.39 is 27.7 Å². The molecule has 0 saturated carbocycles. The van der Waals surface area contributed by atoms with Crippen molar-refractivity contribution in [1.29, 1.82) is 0 Å². The Morgan fingerprint density at radius 2 is 1.66 bits per heavy atom. The monoisotopic (exact) mass is 528 g/mol. The second-order valence-electron chi connectivity index (χ2n) is 7.57. The minimum absolute atomic E-state index is 0.229. The zero-order chi connectivity index (χ0) is 25.9. The van der Waals surface area contributed by atoms with Gasteiger partial charge in [0, 0.05) is 5.69 Å². The van der Waals surface area contributed by atoms with Gasteiger partial charge in [-0.1, -0.05) is 41.9 Å². The van der Waals surface area contributed by atoms with Crippen molar-refractivity contribution in [3.8, 4) is 5.75 Å². The Kier molecular flexibility index (Phi) is 7.63. The minimum atomic E-state index is -5.22. The zero-order valence-corrected chi connectivity index (χ0v) is 19.7. The Bertz CT molecular complexity index is 1300. The van der Waals surface area contributed by atoms with Gasteiger partial charge < -0.3 is 15.2 Å². The van der Waals surface area contributed by atoms with Crippen LogP contribution in [0, 0.1) is 0 Å². The fraction of sp³-hybridized carbons (Fsp3) is 0.174. The number of halogens is 4. The van der Waals surface area contributed by atoms with Gasteiger partial charge in [0.2, 0.25) is 5.60 Å². The van der Waals surface area contributed by atoms with Gasteiger partial charge in [-0.05, 0) is 55.0 Å². The number of carbonyl (C=O) groups excluding carboxylic acids is 1. The molecule has 3 N–H and O–H groups in total. The highest BCUT2D eigenvalue weighted by Gasteiger charge is 2.55. The standard InChI is InChI=1S/C23H20ClF3N2O5S/c1-22(31,23(25,26)27)21(30)28-20-12-11-18(13-19(20)24)35(32,33)29-16-7-9-17(10-8-16)34-14-15-5-3-2-4-6-15/h2-13,29,31H,14H2,1H3,(H,28,30)/t22-/m1/s1. The van der Waals surface area contributed by atoms with E-state index in [2.05, 4.69) is 4.72 Å². The Labute approximate surface area is 204 Å². The minimum Gasteiger partial charge on any atom is -0.489 e. The summed E-state index contributed by atoms with van der Waals surface area (Å²) in [5.74, 6) is -1.25. The fourth-order valence-electron chi connectivity index (χ4n) is 2.71. The Morgan fingerprint density at radius 1 is 1.03 bits per heavy atom. The molecular weight excluding hydrogens is 509 g/mol. The molecule has 3 aromatic carbocycles. The van der Waals surface area contributed by atoms with Crippen molar-refractivity contribution in [3.05, 3.63) is 83.4 Å². The van der Waals surface area contributed by atoms with Gasteiger partial charge in [-0.2, -0.15) is 13.2 Å². The van der Waals surface area contributed by atoms with Crippen molar-refractivity contribution in [1.82, 2.24) is 0 Å². The summed E-state index contributed by atoms with van der Waals surface area (Å²) >= 11 is 5.97. The lowest BCUT2D eigenvalue weighted by Crippen LogP contribution is -2.52. The second kappa shape index (κ2) is 10.1. The van der Waals surface area contributed by atoms with Gasteiger partial charge in [0.15, 0.2) is 0 Å². The van der Waals surface area contributed by atoms with Gasteiger partial charge in [-0.15, -0.1) is 0 Å². The van der Waals surface area contributed by atoms with Crippen molar-refractivity contribution in [2.24, 2.45) is 0 Å². The summed E-state index contributed by atoms with van der Waals surface area (Å²) in [5.41, 5.74) is -2.78. The maximum atomic E-state index is 12.8. The van der Waals surface area contributed by atoms with Crippen molar-refractivity contribution in [2.45, 2.75) is 30.2 Å². The summed E-state index contributed by atoms with van der Waals surface area (Å²) < 4.78 is 71.9. The van der Waals surface area contributed by atoms with E-state index >= 15 is 0 Å². The molecular formula is C23H20ClF3N2O5S. The van der Waals surface area contributed by atoms with Crippen LogP contribution in [0.2, 0.25) is 5.02 Å². The number of benzene rings is 3. The first-order valence-corrected chi connectivity index (χ1v) is 11.9. The summed E-state index contributed by atoms with van der Waals surface area (Å²) in [7, 11) is -4.12. The molecule has 0 bridgehead atoms. The molecule has 1 amide bonds. The smallest absolute Gasteiger partial charge is 0.426 e. The molecule has 3 rings (SSSR count). The molecule has 186 valence electrons. The lowest BCUT2D eigenvalue weighted by Gasteiger charge is -2.25. The van der Waals surface area contributed by atoms with E-state index in [4.69, 9.17) is 16.3 Å². The number of hydrogen-bond donors (Lipinski definition) is 3. The molecule has 0 aliphatic rings. The number of hydrogen-bond acceptors (Lipinski definition) is 5. The number of sulfonamides is 1. The van der Waals surface area contributed by atoms with Crippen LogP contribution < -0.4 is 14.8 Å². The van der Waals surface area contributed by atoms with E-state index in [1.165, 1.54) is 12.1 Å². The predicted octanol–water partition coefficient (Wildman–Crippen LogP) is 4.97. The third kappa shape index (κ3) is 6.44. The van der Waals surface area contributed by atoms with Crippen molar-refractivity contribution >= 4 is 38.9 Å². The highest BCUT2D eigenvalue weighted by molar-refractivity contribution is 7.92. The molecule has 35 heavy (non-hydrogen) atoms. The summed E-state index contributed by atoms with van der Waals surface area (Å²) in [6, 6.07) is 18.6. The number of alkyl halides is 3. The van der Waals surface area contributed by atoms with E-state index in [1.54, 1.807) is 12.1 Å². The van der Waals surface area contributed by atoms with E-state index in [0.717, 1.165) is 23.8 Å². The van der Waals surface area contributed by atoms with E-state index in [0.29, 0.717) is 12.4 Å². The van der Waals surface area contributed by atoms with Crippen molar-refractivity contribution in [2.75, 3.05) is 10.0 Å². The molecule has 0 aliphatic carbocycles. The summed E-state index contributed by atoms with van der Waals surface area (Å²) in [6.45, 7) is 0.628. The van der Waals surface area contributed by atoms with Gasteiger partial charge in [0.25, 0.3) is 15.9 Å². The summed E-state index contributed by atoms with van der Waals surface area (Å²) in [5, 5.41) is 10.9. The molecule has 3 aromatic rings. The number of amides is 1. The van der Waals surface area contributed by atoms with Crippen LogP contribution in [0.4, 0.5) is 24.5 Å². The molecule has 0 heterocycles. The molecule has 0 fully saturated rings. The molecule has 1 atom stereocenters. The molecule has 12 heteroatoms. The largest absolute Gasteiger partial charge is 0.489 e. The van der Waals surface area contributed by atoms with Crippen LogP contribution >= 0.6 is 11.6 Å². The third-order valence-electron chi connectivity index (χ3n) is 4.85. The fourth-order valence-corrected chi connectivity index (χ4v) is 4.09. The number of aliphatic hydroxyl groups is 1. The highest BCUT2D eigenvalue weighted by atomic mass is 35.5. The van der Waals surface area contributed by atoms with Gasteiger partial charge in [-0.3, -0.25) is 9.52 Å². The first-order chi connectivity index (χ1) is 16.3. The van der Waals surface area contributed by atoms with Crippen LogP contribution in [0.3, 0.4) is 0 Å². The number of nitrogens with one attached hydrogen (secondary N) is 2. The molecule has 0 saturated heterocycles. The van der Waals surface area contributed by atoms with E-state index in [1.807, 2.05) is 35.6 Å². The van der Waals surface area contributed by atoms with Gasteiger partial charge >= 0.3 is 6.18 Å². The second-order valence-corrected chi connectivity index (χ2v) is 9.66. The normalized spacial score (nSPS) is 13.5. The van der Waals surface area contributed by atoms with Gasteiger partial charge in [0.1, 0.15) is 12.4 Å². The molecule has 7 nitrogen and oxygen atoms in total. The Morgan fingerprint density at radius 3 is 2.23 bits per heavy atom. The zero-order valence-electron chi connectivity index (χ0n) is 18.1. The Balaban J connectivity index is 1.67. The maximum Gasteiger partial charge on any atom is 0.426 e. The number of rotatable bonds is 8. The first-order valence-electron chi connectivity index (χ1n) is 9.99. The van der Waals surface area contributed by atoms with Gasteiger partial charge in [0.05, 0.1) is 15.6 Å². The SMILES string of the molecule is C[C@@](O)(C(=O)Nc1ccc(S(=O)(=O)Nc2ccc(OCc3ccccc3)cc2)cc1Cl)C(F)(F)F. The van der Waals surface area contributed by atoms with Gasteiger partial charge in [-0.25, -0.2) is 8.42 Å². The lowest BCUT2D eigenvalue weighted by atomic mass is 10.1. The predicted molar refractivity (Wildman–Crippen MR) is 125 cm³/mol. The summed E-state index contributed by atoms with van der Waals surface area (Å²) in [4.78, 5) is 11.5. The average Bonchev–Trinajstić information content (AvgIpc) is 2.79. The first kappa shape index (κ1) is 26.3. The quantitative estimate of drug-likeness (QED) is 0.383. The molecule has 0 unspecified atom stereocenters.